The molecule has 4 nitrogen and oxygen atoms in total. The van der Waals surface area contributed by atoms with Crippen molar-refractivity contribution in [3.63, 3.8) is 0 Å². The van der Waals surface area contributed by atoms with Crippen LogP contribution in [-0.4, -0.2) is 18.6 Å². The second kappa shape index (κ2) is 8.17. The van der Waals surface area contributed by atoms with Gasteiger partial charge in [0.05, 0.1) is 6.10 Å². The van der Waals surface area contributed by atoms with Gasteiger partial charge in [-0.2, -0.15) is 0 Å². The second-order valence-electron chi connectivity index (χ2n) is 5.33. The first kappa shape index (κ1) is 16.8. The monoisotopic (exact) mass is 317 g/mol. The molecule has 1 N–H and O–H groups in total. The van der Waals surface area contributed by atoms with Gasteiger partial charge in [0, 0.05) is 6.54 Å². The fourth-order valence-electron chi connectivity index (χ4n) is 1.89. The molecule has 0 aliphatic carbocycles. The van der Waals surface area contributed by atoms with Crippen molar-refractivity contribution in [1.29, 1.82) is 0 Å². The number of hydrogen-bond donors (Lipinski definition) is 1. The minimum Gasteiger partial charge on any atom is -0.491 e. The Labute approximate surface area is 135 Å². The Hall–Kier alpha value is -2.56. The smallest absolute Gasteiger partial charge is 0.258 e. The van der Waals surface area contributed by atoms with Gasteiger partial charge in [-0.05, 0) is 55.8 Å². The first-order valence-corrected chi connectivity index (χ1v) is 7.43. The van der Waals surface area contributed by atoms with Gasteiger partial charge >= 0.3 is 0 Å². The Morgan fingerprint density at radius 1 is 1.04 bits per heavy atom. The Kier molecular flexibility index (Phi) is 5.97. The first-order chi connectivity index (χ1) is 11.0. The summed E-state index contributed by atoms with van der Waals surface area (Å²) in [6.45, 7) is 4.23. The predicted octanol–water partition coefficient (Wildman–Crippen LogP) is 3.31. The van der Waals surface area contributed by atoms with E-state index in [1.807, 2.05) is 38.1 Å². The first-order valence-electron chi connectivity index (χ1n) is 7.43. The number of nitrogens with one attached hydrogen (secondary N) is 1. The molecule has 2 aromatic carbocycles. The van der Waals surface area contributed by atoms with E-state index in [-0.39, 0.29) is 24.4 Å². The normalized spacial score (nSPS) is 10.4. The van der Waals surface area contributed by atoms with Gasteiger partial charge in [0.2, 0.25) is 0 Å². The summed E-state index contributed by atoms with van der Waals surface area (Å²) >= 11 is 0. The molecule has 0 bridgehead atoms. The average molecular weight is 317 g/mol. The topological polar surface area (TPSA) is 47.6 Å². The van der Waals surface area contributed by atoms with Gasteiger partial charge in [-0.3, -0.25) is 4.79 Å². The molecule has 0 spiro atoms. The third-order valence-corrected chi connectivity index (χ3v) is 2.97. The van der Waals surface area contributed by atoms with Crippen LogP contribution in [0.2, 0.25) is 0 Å². The molecule has 0 heterocycles. The maximum Gasteiger partial charge on any atom is 0.258 e. The fraction of sp³-hybridized carbons (Fsp3) is 0.278. The number of carbonyl (C=O) groups excluding carboxylic acids is 1. The van der Waals surface area contributed by atoms with Crippen LogP contribution in [0.4, 0.5) is 4.39 Å². The highest BCUT2D eigenvalue weighted by atomic mass is 19.1. The second-order valence-corrected chi connectivity index (χ2v) is 5.33. The Balaban J connectivity index is 1.74. The van der Waals surface area contributed by atoms with Crippen LogP contribution in [0.1, 0.15) is 19.4 Å². The molecule has 122 valence electrons. The SMILES string of the molecule is CC(C)Oc1ccc(CNC(=O)COc2ccc(F)cc2)cc1. The van der Waals surface area contributed by atoms with Gasteiger partial charge in [-0.15, -0.1) is 0 Å². The van der Waals surface area contributed by atoms with Crippen LogP contribution < -0.4 is 14.8 Å². The number of carbonyl (C=O) groups is 1. The van der Waals surface area contributed by atoms with Crippen LogP contribution in [-0.2, 0) is 11.3 Å². The van der Waals surface area contributed by atoms with Crippen molar-refractivity contribution in [1.82, 2.24) is 5.32 Å². The summed E-state index contributed by atoms with van der Waals surface area (Å²) in [4.78, 5) is 11.7. The molecular weight excluding hydrogens is 297 g/mol. The standard InChI is InChI=1S/C18H20FNO3/c1-13(2)23-17-7-3-14(4-8-17)11-20-18(21)12-22-16-9-5-15(19)6-10-16/h3-10,13H,11-12H2,1-2H3,(H,20,21). The molecule has 0 fully saturated rings. The Morgan fingerprint density at radius 3 is 2.26 bits per heavy atom. The number of ether oxygens (including phenoxy) is 2. The Morgan fingerprint density at radius 2 is 1.65 bits per heavy atom. The lowest BCUT2D eigenvalue weighted by Crippen LogP contribution is -2.28. The summed E-state index contributed by atoms with van der Waals surface area (Å²) in [5, 5.41) is 2.76. The molecule has 1 amide bonds. The molecule has 0 radical (unpaired) electrons. The van der Waals surface area contributed by atoms with E-state index in [0.29, 0.717) is 12.3 Å². The van der Waals surface area contributed by atoms with Crippen molar-refractivity contribution >= 4 is 5.91 Å². The van der Waals surface area contributed by atoms with Crippen molar-refractivity contribution in [3.05, 3.63) is 59.9 Å². The molecular formula is C18H20FNO3. The van der Waals surface area contributed by atoms with Crippen molar-refractivity contribution in [2.24, 2.45) is 0 Å². The van der Waals surface area contributed by atoms with Crippen LogP contribution in [0.5, 0.6) is 11.5 Å². The molecule has 2 aromatic rings. The van der Waals surface area contributed by atoms with E-state index in [2.05, 4.69) is 5.32 Å². The summed E-state index contributed by atoms with van der Waals surface area (Å²) in [6, 6.07) is 13.1. The van der Waals surface area contributed by atoms with Gasteiger partial charge in [0.25, 0.3) is 5.91 Å². The summed E-state index contributed by atoms with van der Waals surface area (Å²) in [5.74, 6) is 0.676. The predicted molar refractivity (Wildman–Crippen MR) is 85.9 cm³/mol. The summed E-state index contributed by atoms with van der Waals surface area (Å²) in [7, 11) is 0. The minimum absolute atomic E-state index is 0.111. The van der Waals surface area contributed by atoms with E-state index in [0.717, 1.165) is 11.3 Å². The van der Waals surface area contributed by atoms with Crippen molar-refractivity contribution in [2.75, 3.05) is 6.61 Å². The van der Waals surface area contributed by atoms with Crippen LogP contribution in [0.15, 0.2) is 48.5 Å². The zero-order valence-corrected chi connectivity index (χ0v) is 13.2. The van der Waals surface area contributed by atoms with E-state index >= 15 is 0 Å². The quantitative estimate of drug-likeness (QED) is 0.852. The maximum absolute atomic E-state index is 12.7. The van der Waals surface area contributed by atoms with Gasteiger partial charge in [0.1, 0.15) is 17.3 Å². The molecule has 2 rings (SSSR count). The Bertz CT molecular complexity index is 624. The molecule has 0 aromatic heterocycles. The van der Waals surface area contributed by atoms with Crippen LogP contribution >= 0.6 is 0 Å². The zero-order valence-electron chi connectivity index (χ0n) is 13.2. The highest BCUT2D eigenvalue weighted by Crippen LogP contribution is 2.14. The molecule has 0 aliphatic heterocycles. The average Bonchev–Trinajstić information content (AvgIpc) is 2.53. The molecule has 0 saturated carbocycles. The highest BCUT2D eigenvalue weighted by Gasteiger charge is 2.04. The molecule has 23 heavy (non-hydrogen) atoms. The molecule has 0 aliphatic rings. The number of halogens is 1. The lowest BCUT2D eigenvalue weighted by Gasteiger charge is -2.11. The van der Waals surface area contributed by atoms with Gasteiger partial charge in [-0.1, -0.05) is 12.1 Å². The van der Waals surface area contributed by atoms with Crippen LogP contribution in [0, 0.1) is 5.82 Å². The highest BCUT2D eigenvalue weighted by molar-refractivity contribution is 5.77. The summed E-state index contributed by atoms with van der Waals surface area (Å²) < 4.78 is 23.6. The molecule has 0 saturated heterocycles. The largest absolute Gasteiger partial charge is 0.491 e. The van der Waals surface area contributed by atoms with Crippen LogP contribution in [0.3, 0.4) is 0 Å². The van der Waals surface area contributed by atoms with Crippen molar-refractivity contribution < 1.29 is 18.7 Å². The van der Waals surface area contributed by atoms with E-state index in [1.165, 1.54) is 24.3 Å². The lowest BCUT2D eigenvalue weighted by atomic mass is 10.2. The minimum atomic E-state index is -0.341. The van der Waals surface area contributed by atoms with Gasteiger partial charge in [-0.25, -0.2) is 4.39 Å². The fourth-order valence-corrected chi connectivity index (χ4v) is 1.89. The summed E-state index contributed by atoms with van der Waals surface area (Å²) in [6.07, 6.45) is 0.129. The van der Waals surface area contributed by atoms with Gasteiger partial charge in [0.15, 0.2) is 6.61 Å². The third kappa shape index (κ3) is 5.98. The van der Waals surface area contributed by atoms with Crippen LogP contribution in [0.25, 0.3) is 0 Å². The maximum atomic E-state index is 12.7. The molecule has 0 unspecified atom stereocenters. The number of hydrogen-bond acceptors (Lipinski definition) is 3. The van der Waals surface area contributed by atoms with E-state index < -0.39 is 0 Å². The molecule has 5 heteroatoms. The van der Waals surface area contributed by atoms with E-state index in [4.69, 9.17) is 9.47 Å². The van der Waals surface area contributed by atoms with Crippen molar-refractivity contribution in [2.45, 2.75) is 26.5 Å². The number of amides is 1. The number of rotatable bonds is 7. The van der Waals surface area contributed by atoms with E-state index in [1.54, 1.807) is 0 Å². The number of benzene rings is 2. The van der Waals surface area contributed by atoms with E-state index in [9.17, 15) is 9.18 Å². The van der Waals surface area contributed by atoms with Gasteiger partial charge < -0.3 is 14.8 Å². The lowest BCUT2D eigenvalue weighted by molar-refractivity contribution is -0.123. The zero-order chi connectivity index (χ0) is 16.7. The third-order valence-electron chi connectivity index (χ3n) is 2.97. The summed E-state index contributed by atoms with van der Waals surface area (Å²) in [5.41, 5.74) is 0.969. The molecule has 0 atom stereocenters. The van der Waals surface area contributed by atoms with Crippen molar-refractivity contribution in [3.8, 4) is 11.5 Å².